The van der Waals surface area contributed by atoms with Gasteiger partial charge in [0, 0.05) is 10.9 Å². The molecule has 1 aromatic rings. The molecule has 0 radical (unpaired) electrons. The molecule has 3 nitrogen and oxygen atoms in total. The molecule has 0 saturated heterocycles. The van der Waals surface area contributed by atoms with E-state index in [1.165, 1.54) is 44.9 Å². The second kappa shape index (κ2) is 7.65. The molecule has 0 aliphatic heterocycles. The van der Waals surface area contributed by atoms with Crippen LogP contribution < -0.4 is 5.32 Å². The smallest absolute Gasteiger partial charge is 0.305 e. The van der Waals surface area contributed by atoms with Crippen LogP contribution >= 0.6 is 11.3 Å². The second-order valence-electron chi connectivity index (χ2n) is 5.37. The highest BCUT2D eigenvalue weighted by Gasteiger charge is 2.20. The van der Waals surface area contributed by atoms with E-state index >= 15 is 0 Å². The summed E-state index contributed by atoms with van der Waals surface area (Å²) >= 11 is 1.65. The average molecular weight is 281 g/mol. The largest absolute Gasteiger partial charge is 0.481 e. The van der Waals surface area contributed by atoms with Gasteiger partial charge in [0.05, 0.1) is 12.5 Å². The van der Waals surface area contributed by atoms with Crippen molar-refractivity contribution in [2.45, 2.75) is 63.5 Å². The van der Waals surface area contributed by atoms with Crippen molar-refractivity contribution in [3.63, 3.8) is 0 Å². The van der Waals surface area contributed by atoms with E-state index in [0.717, 1.165) is 4.88 Å². The number of hydrogen-bond acceptors (Lipinski definition) is 3. The molecule has 1 heterocycles. The van der Waals surface area contributed by atoms with Crippen molar-refractivity contribution in [2.75, 3.05) is 0 Å². The average Bonchev–Trinajstić information content (AvgIpc) is 2.84. The first-order valence-corrected chi connectivity index (χ1v) is 8.15. The van der Waals surface area contributed by atoms with Gasteiger partial charge in [0.2, 0.25) is 0 Å². The zero-order chi connectivity index (χ0) is 13.5. The van der Waals surface area contributed by atoms with Gasteiger partial charge >= 0.3 is 5.97 Å². The lowest BCUT2D eigenvalue weighted by molar-refractivity contribution is -0.137. The van der Waals surface area contributed by atoms with Gasteiger partial charge in [0.15, 0.2) is 0 Å². The molecule has 0 spiro atoms. The van der Waals surface area contributed by atoms with Crippen molar-refractivity contribution in [1.82, 2.24) is 5.32 Å². The lowest BCUT2D eigenvalue weighted by Gasteiger charge is -2.26. The number of rotatable bonds is 5. The number of aliphatic carboxylic acids is 1. The summed E-state index contributed by atoms with van der Waals surface area (Å²) in [4.78, 5) is 12.2. The predicted molar refractivity (Wildman–Crippen MR) is 78.6 cm³/mol. The summed E-state index contributed by atoms with van der Waals surface area (Å²) in [6.07, 6.45) is 9.07. The van der Waals surface area contributed by atoms with Crippen LogP contribution in [0.3, 0.4) is 0 Å². The SMILES string of the molecule is O=C(O)CC(NC1CCCCCCC1)c1cccs1. The maximum atomic E-state index is 11.0. The molecule has 0 aromatic carbocycles. The Kier molecular flexibility index (Phi) is 5.86. The Morgan fingerprint density at radius 1 is 1.32 bits per heavy atom. The fraction of sp³-hybridized carbons (Fsp3) is 0.667. The van der Waals surface area contributed by atoms with Gasteiger partial charge < -0.3 is 10.4 Å². The van der Waals surface area contributed by atoms with Crippen molar-refractivity contribution in [3.05, 3.63) is 22.4 Å². The highest BCUT2D eigenvalue weighted by molar-refractivity contribution is 7.10. The first-order valence-electron chi connectivity index (χ1n) is 7.27. The van der Waals surface area contributed by atoms with Gasteiger partial charge in [-0.1, -0.05) is 38.2 Å². The maximum absolute atomic E-state index is 11.0. The summed E-state index contributed by atoms with van der Waals surface area (Å²) in [7, 11) is 0. The highest BCUT2D eigenvalue weighted by atomic mass is 32.1. The Morgan fingerprint density at radius 3 is 2.58 bits per heavy atom. The predicted octanol–water partition coefficient (Wildman–Crippen LogP) is 3.97. The van der Waals surface area contributed by atoms with Crippen molar-refractivity contribution in [1.29, 1.82) is 0 Å². The van der Waals surface area contributed by atoms with Crippen LogP contribution in [0.25, 0.3) is 0 Å². The second-order valence-corrected chi connectivity index (χ2v) is 6.35. The van der Waals surface area contributed by atoms with Crippen molar-refractivity contribution in [3.8, 4) is 0 Å². The summed E-state index contributed by atoms with van der Waals surface area (Å²) in [6.45, 7) is 0. The minimum absolute atomic E-state index is 0.0260. The molecule has 1 aromatic heterocycles. The Balaban J connectivity index is 1.96. The lowest BCUT2D eigenvalue weighted by atomic mass is 9.95. The van der Waals surface area contributed by atoms with E-state index in [1.54, 1.807) is 11.3 Å². The molecule has 0 bridgehead atoms. The third-order valence-electron chi connectivity index (χ3n) is 3.81. The minimum atomic E-state index is -0.725. The van der Waals surface area contributed by atoms with E-state index in [-0.39, 0.29) is 12.5 Å². The van der Waals surface area contributed by atoms with Crippen LogP contribution in [0, 0.1) is 0 Å². The van der Waals surface area contributed by atoms with E-state index in [1.807, 2.05) is 17.5 Å². The Labute approximate surface area is 119 Å². The summed E-state index contributed by atoms with van der Waals surface area (Å²) < 4.78 is 0. The number of carboxylic acid groups (broad SMARTS) is 1. The van der Waals surface area contributed by atoms with Crippen molar-refractivity contribution < 1.29 is 9.90 Å². The molecule has 1 saturated carbocycles. The monoisotopic (exact) mass is 281 g/mol. The van der Waals surface area contributed by atoms with Crippen LogP contribution in [0.15, 0.2) is 17.5 Å². The maximum Gasteiger partial charge on any atom is 0.305 e. The fourth-order valence-electron chi connectivity index (χ4n) is 2.81. The normalized spacial score (nSPS) is 19.6. The van der Waals surface area contributed by atoms with E-state index in [9.17, 15) is 4.79 Å². The first-order chi connectivity index (χ1) is 9.25. The van der Waals surface area contributed by atoms with E-state index in [2.05, 4.69) is 5.32 Å². The molecule has 2 rings (SSSR count). The highest BCUT2D eigenvalue weighted by Crippen LogP contribution is 2.25. The van der Waals surface area contributed by atoms with Crippen LogP contribution in [0.5, 0.6) is 0 Å². The molecular formula is C15H23NO2S. The zero-order valence-electron chi connectivity index (χ0n) is 11.3. The number of carboxylic acids is 1. The first kappa shape index (κ1) is 14.5. The van der Waals surface area contributed by atoms with Crippen LogP contribution in [0.1, 0.15) is 62.3 Å². The standard InChI is InChI=1S/C15H23NO2S/c17-15(18)11-13(14-9-6-10-19-14)16-12-7-4-2-1-3-5-8-12/h6,9-10,12-13,16H,1-5,7-8,11H2,(H,17,18). The molecular weight excluding hydrogens is 258 g/mol. The van der Waals surface area contributed by atoms with Gasteiger partial charge in [0.1, 0.15) is 0 Å². The molecule has 1 atom stereocenters. The van der Waals surface area contributed by atoms with E-state index < -0.39 is 5.97 Å². The Hall–Kier alpha value is -0.870. The van der Waals surface area contributed by atoms with Gasteiger partial charge in [-0.05, 0) is 24.3 Å². The van der Waals surface area contributed by atoms with Crippen LogP contribution in [-0.2, 0) is 4.79 Å². The molecule has 2 N–H and O–H groups in total. The number of hydrogen-bond donors (Lipinski definition) is 2. The molecule has 4 heteroatoms. The topological polar surface area (TPSA) is 49.3 Å². The van der Waals surface area contributed by atoms with Crippen molar-refractivity contribution >= 4 is 17.3 Å². The van der Waals surface area contributed by atoms with Crippen molar-refractivity contribution in [2.24, 2.45) is 0 Å². The Morgan fingerprint density at radius 2 is 2.00 bits per heavy atom. The number of carbonyl (C=O) groups is 1. The molecule has 1 unspecified atom stereocenters. The van der Waals surface area contributed by atoms with Gasteiger partial charge in [-0.2, -0.15) is 0 Å². The number of thiophene rings is 1. The summed E-state index contributed by atoms with van der Waals surface area (Å²) in [5.74, 6) is -0.725. The molecule has 0 amide bonds. The van der Waals surface area contributed by atoms with Gasteiger partial charge in [0.25, 0.3) is 0 Å². The summed E-state index contributed by atoms with van der Waals surface area (Å²) in [6, 6.07) is 4.48. The minimum Gasteiger partial charge on any atom is -0.481 e. The third kappa shape index (κ3) is 4.96. The summed E-state index contributed by atoms with van der Waals surface area (Å²) in [5.41, 5.74) is 0. The van der Waals surface area contributed by atoms with Crippen LogP contribution in [0.4, 0.5) is 0 Å². The zero-order valence-corrected chi connectivity index (χ0v) is 12.1. The van der Waals surface area contributed by atoms with Gasteiger partial charge in [-0.25, -0.2) is 0 Å². The molecule has 1 aliphatic rings. The quantitative estimate of drug-likeness (QED) is 0.858. The third-order valence-corrected chi connectivity index (χ3v) is 4.79. The fourth-order valence-corrected chi connectivity index (χ4v) is 3.60. The van der Waals surface area contributed by atoms with E-state index in [0.29, 0.717) is 6.04 Å². The van der Waals surface area contributed by atoms with Gasteiger partial charge in [-0.3, -0.25) is 4.79 Å². The van der Waals surface area contributed by atoms with E-state index in [4.69, 9.17) is 5.11 Å². The molecule has 106 valence electrons. The van der Waals surface area contributed by atoms with Crippen LogP contribution in [-0.4, -0.2) is 17.1 Å². The lowest BCUT2D eigenvalue weighted by Crippen LogP contribution is -2.34. The molecule has 19 heavy (non-hydrogen) atoms. The van der Waals surface area contributed by atoms with Gasteiger partial charge in [-0.15, -0.1) is 11.3 Å². The Bertz CT molecular complexity index is 370. The van der Waals surface area contributed by atoms with Crippen LogP contribution in [0.2, 0.25) is 0 Å². The number of nitrogens with one attached hydrogen (secondary N) is 1. The molecule has 1 fully saturated rings. The summed E-state index contributed by atoms with van der Waals surface area (Å²) in [5, 5.41) is 14.7. The molecule has 1 aliphatic carbocycles.